The molecule has 2 aliphatic rings. The zero-order valence-corrected chi connectivity index (χ0v) is 14.1. The maximum absolute atomic E-state index is 10.7. The van der Waals surface area contributed by atoms with E-state index in [9.17, 15) is 5.11 Å². The van der Waals surface area contributed by atoms with Gasteiger partial charge < -0.3 is 19.3 Å². The third-order valence-electron chi connectivity index (χ3n) is 4.38. The minimum Gasteiger partial charge on any atom is -0.387 e. The third-order valence-corrected chi connectivity index (χ3v) is 5.55. The van der Waals surface area contributed by atoms with E-state index in [4.69, 9.17) is 14.2 Å². The number of ether oxygens (including phenoxy) is 3. The Kier molecular flexibility index (Phi) is 4.61. The van der Waals surface area contributed by atoms with Crippen LogP contribution in [0, 0.1) is 0 Å². The van der Waals surface area contributed by atoms with Crippen molar-refractivity contribution < 1.29 is 19.3 Å². The van der Waals surface area contributed by atoms with E-state index >= 15 is 0 Å². The molecule has 5 heteroatoms. The van der Waals surface area contributed by atoms with E-state index in [-0.39, 0.29) is 23.7 Å². The van der Waals surface area contributed by atoms with Crippen molar-refractivity contribution in [3.8, 4) is 0 Å². The standard InChI is InChI=1S/C19H20O4S/c1-12-16-17(23-18(22-16)13-8-4-2-5-9-13)15(20)19(21-12)24-14-10-6-3-7-11-14/h2-12,15-20H,1H3/t12-,15-,16+,17-,18?,19+/m0/s1. The summed E-state index contributed by atoms with van der Waals surface area (Å²) < 4.78 is 18.1. The molecule has 0 aliphatic carbocycles. The molecular weight excluding hydrogens is 324 g/mol. The van der Waals surface area contributed by atoms with Crippen molar-refractivity contribution in [2.24, 2.45) is 0 Å². The first kappa shape index (κ1) is 16.1. The first-order valence-corrected chi connectivity index (χ1v) is 9.01. The quantitative estimate of drug-likeness (QED) is 0.925. The summed E-state index contributed by atoms with van der Waals surface area (Å²) in [5, 5.41) is 10.7. The second kappa shape index (κ2) is 6.86. The Morgan fingerprint density at radius 2 is 1.46 bits per heavy atom. The number of aliphatic hydroxyl groups is 1. The Morgan fingerprint density at radius 1 is 0.833 bits per heavy atom. The summed E-state index contributed by atoms with van der Waals surface area (Å²) in [6.07, 6.45) is -2.00. The largest absolute Gasteiger partial charge is 0.387 e. The van der Waals surface area contributed by atoms with Gasteiger partial charge in [-0.3, -0.25) is 0 Å². The minimum absolute atomic E-state index is 0.145. The molecule has 1 unspecified atom stereocenters. The van der Waals surface area contributed by atoms with Crippen LogP contribution in [0.4, 0.5) is 0 Å². The number of fused-ring (bicyclic) bond motifs is 1. The van der Waals surface area contributed by atoms with E-state index in [1.807, 2.05) is 67.6 Å². The van der Waals surface area contributed by atoms with Gasteiger partial charge >= 0.3 is 0 Å². The van der Waals surface area contributed by atoms with Crippen molar-refractivity contribution in [2.45, 2.75) is 48.0 Å². The van der Waals surface area contributed by atoms with E-state index in [1.165, 1.54) is 11.8 Å². The number of hydrogen-bond acceptors (Lipinski definition) is 5. The van der Waals surface area contributed by atoms with E-state index < -0.39 is 12.4 Å². The highest BCUT2D eigenvalue weighted by Gasteiger charge is 2.51. The molecule has 0 aromatic heterocycles. The first-order chi connectivity index (χ1) is 11.7. The van der Waals surface area contributed by atoms with Gasteiger partial charge in [-0.05, 0) is 19.1 Å². The topological polar surface area (TPSA) is 47.9 Å². The SMILES string of the molecule is C[C@@H]1O[C@H](Sc2ccccc2)[C@@H](O)[C@@H]2OC(c3ccccc3)O[C@@H]21. The molecule has 2 saturated heterocycles. The van der Waals surface area contributed by atoms with Gasteiger partial charge in [0.2, 0.25) is 0 Å². The van der Waals surface area contributed by atoms with Gasteiger partial charge in [-0.25, -0.2) is 0 Å². The number of aliphatic hydroxyl groups excluding tert-OH is 1. The van der Waals surface area contributed by atoms with Crippen LogP contribution >= 0.6 is 11.8 Å². The van der Waals surface area contributed by atoms with Crippen molar-refractivity contribution in [3.05, 3.63) is 66.2 Å². The second-order valence-electron chi connectivity index (χ2n) is 6.08. The van der Waals surface area contributed by atoms with Gasteiger partial charge in [0.05, 0.1) is 6.10 Å². The molecule has 0 radical (unpaired) electrons. The van der Waals surface area contributed by atoms with E-state index in [0.717, 1.165) is 10.5 Å². The van der Waals surface area contributed by atoms with Crippen LogP contribution in [0.1, 0.15) is 18.8 Å². The molecular formula is C19H20O4S. The fourth-order valence-corrected chi connectivity index (χ4v) is 4.25. The fourth-order valence-electron chi connectivity index (χ4n) is 3.15. The lowest BCUT2D eigenvalue weighted by Gasteiger charge is -2.38. The molecule has 2 fully saturated rings. The van der Waals surface area contributed by atoms with Crippen LogP contribution in [0.5, 0.6) is 0 Å². The molecule has 4 rings (SSSR count). The van der Waals surface area contributed by atoms with Gasteiger partial charge in [0.1, 0.15) is 23.7 Å². The van der Waals surface area contributed by atoms with Crippen LogP contribution in [-0.2, 0) is 14.2 Å². The lowest BCUT2D eigenvalue weighted by molar-refractivity contribution is -0.150. The summed E-state index contributed by atoms with van der Waals surface area (Å²) in [5.41, 5.74) is 0.584. The maximum atomic E-state index is 10.7. The molecule has 4 nitrogen and oxygen atoms in total. The lowest BCUT2D eigenvalue weighted by atomic mass is 10.0. The smallest absolute Gasteiger partial charge is 0.184 e. The Balaban J connectivity index is 1.50. The van der Waals surface area contributed by atoms with Crippen molar-refractivity contribution in [3.63, 3.8) is 0 Å². The highest BCUT2D eigenvalue weighted by Crippen LogP contribution is 2.42. The van der Waals surface area contributed by atoms with Crippen LogP contribution in [0.25, 0.3) is 0 Å². The van der Waals surface area contributed by atoms with Crippen molar-refractivity contribution in [1.82, 2.24) is 0 Å². The molecule has 2 aromatic rings. The van der Waals surface area contributed by atoms with Gasteiger partial charge in [0.25, 0.3) is 0 Å². The Morgan fingerprint density at radius 3 is 2.17 bits per heavy atom. The molecule has 126 valence electrons. The maximum Gasteiger partial charge on any atom is 0.184 e. The van der Waals surface area contributed by atoms with E-state index in [2.05, 4.69) is 0 Å². The molecule has 0 amide bonds. The predicted molar refractivity (Wildman–Crippen MR) is 91.6 cm³/mol. The molecule has 0 spiro atoms. The molecule has 24 heavy (non-hydrogen) atoms. The van der Waals surface area contributed by atoms with Crippen molar-refractivity contribution in [1.29, 1.82) is 0 Å². The van der Waals surface area contributed by atoms with Crippen LogP contribution in [-0.4, -0.2) is 35.0 Å². The van der Waals surface area contributed by atoms with Gasteiger partial charge in [0.15, 0.2) is 6.29 Å². The minimum atomic E-state index is -0.745. The second-order valence-corrected chi connectivity index (χ2v) is 7.25. The van der Waals surface area contributed by atoms with Crippen LogP contribution < -0.4 is 0 Å². The molecule has 0 bridgehead atoms. The molecule has 2 heterocycles. The summed E-state index contributed by atoms with van der Waals surface area (Å²) in [6.45, 7) is 1.97. The summed E-state index contributed by atoms with van der Waals surface area (Å²) in [5.74, 6) is 0. The molecule has 1 N–H and O–H groups in total. The summed E-state index contributed by atoms with van der Waals surface area (Å²) in [4.78, 5) is 1.06. The molecule has 2 aliphatic heterocycles. The zero-order valence-electron chi connectivity index (χ0n) is 13.3. The highest BCUT2D eigenvalue weighted by molar-refractivity contribution is 7.99. The fraction of sp³-hybridized carbons (Fsp3) is 0.368. The number of rotatable bonds is 3. The summed E-state index contributed by atoms with van der Waals surface area (Å²) in [6, 6.07) is 19.7. The summed E-state index contributed by atoms with van der Waals surface area (Å²) >= 11 is 1.51. The molecule has 0 saturated carbocycles. The lowest BCUT2D eigenvalue weighted by Crippen LogP contribution is -2.54. The molecule has 2 aromatic carbocycles. The third kappa shape index (κ3) is 3.10. The van der Waals surface area contributed by atoms with Crippen molar-refractivity contribution >= 4 is 11.8 Å². The predicted octanol–water partition coefficient (Wildman–Crippen LogP) is 3.37. The van der Waals surface area contributed by atoms with Crippen LogP contribution in [0.2, 0.25) is 0 Å². The normalized spacial score (nSPS) is 35.6. The van der Waals surface area contributed by atoms with Crippen molar-refractivity contribution in [2.75, 3.05) is 0 Å². The Hall–Kier alpha value is -1.37. The zero-order chi connectivity index (χ0) is 16.5. The highest BCUT2D eigenvalue weighted by atomic mass is 32.2. The van der Waals surface area contributed by atoms with Gasteiger partial charge in [-0.1, -0.05) is 60.3 Å². The average Bonchev–Trinajstić information content (AvgIpc) is 3.07. The van der Waals surface area contributed by atoms with Crippen LogP contribution in [0.3, 0.4) is 0 Å². The Bertz CT molecular complexity index is 666. The van der Waals surface area contributed by atoms with E-state index in [0.29, 0.717) is 0 Å². The first-order valence-electron chi connectivity index (χ1n) is 8.13. The van der Waals surface area contributed by atoms with Gasteiger partial charge in [0, 0.05) is 10.5 Å². The molecule has 6 atom stereocenters. The summed E-state index contributed by atoms with van der Waals surface area (Å²) in [7, 11) is 0. The number of thioether (sulfide) groups is 1. The van der Waals surface area contributed by atoms with Gasteiger partial charge in [-0.2, -0.15) is 0 Å². The average molecular weight is 344 g/mol. The van der Waals surface area contributed by atoms with Gasteiger partial charge in [-0.15, -0.1) is 0 Å². The number of benzene rings is 2. The number of hydrogen-bond donors (Lipinski definition) is 1. The monoisotopic (exact) mass is 344 g/mol. The van der Waals surface area contributed by atoms with Crippen LogP contribution in [0.15, 0.2) is 65.6 Å². The van der Waals surface area contributed by atoms with E-state index in [1.54, 1.807) is 0 Å². The Labute approximate surface area is 145 Å².